The number of unbranched alkanes of at least 4 members (excludes halogenated alkanes) is 9. The van der Waals surface area contributed by atoms with Crippen molar-refractivity contribution in [1.29, 1.82) is 0 Å². The number of carboxylic acids is 1. The van der Waals surface area contributed by atoms with Gasteiger partial charge in [-0.1, -0.05) is 51.4 Å². The van der Waals surface area contributed by atoms with Crippen LogP contribution >= 0.6 is 0 Å². The molecule has 1 rings (SSSR count). The largest absolute Gasteiger partial charge is 0.481 e. The highest BCUT2D eigenvalue weighted by Gasteiger charge is 2.08. The molecule has 0 saturated heterocycles. The molecular weight excluding hydrogens is 306 g/mol. The van der Waals surface area contributed by atoms with Crippen LogP contribution in [0.4, 0.5) is 0 Å². The molecule has 24 heavy (non-hydrogen) atoms. The predicted molar refractivity (Wildman–Crippen MR) is 93.0 cm³/mol. The van der Waals surface area contributed by atoms with E-state index in [0.29, 0.717) is 25.2 Å². The number of aliphatic carboxylic acids is 1. The zero-order valence-corrected chi connectivity index (χ0v) is 14.9. The minimum Gasteiger partial charge on any atom is -0.481 e. The van der Waals surface area contributed by atoms with Crippen LogP contribution in [0.15, 0.2) is 10.7 Å². The minimum absolute atomic E-state index is 0.207. The number of carbonyl (C=O) groups is 2. The summed E-state index contributed by atoms with van der Waals surface area (Å²) in [5.74, 6) is 0.0445. The second-order valence-electron chi connectivity index (χ2n) is 6.53. The maximum atomic E-state index is 11.8. The van der Waals surface area contributed by atoms with Crippen LogP contribution in [0, 0.1) is 6.92 Å². The van der Waals surface area contributed by atoms with Crippen LogP contribution in [-0.2, 0) is 16.0 Å². The van der Waals surface area contributed by atoms with Crippen LogP contribution in [0.25, 0.3) is 0 Å². The van der Waals surface area contributed by atoms with E-state index in [1.165, 1.54) is 32.1 Å². The predicted octanol–water partition coefficient (Wildman–Crippen LogP) is 4.86. The van der Waals surface area contributed by atoms with E-state index in [-0.39, 0.29) is 5.78 Å². The number of Topliss-reactive ketones (excluding diaryl/α,β-unsaturated/α-hetero) is 1. The van der Waals surface area contributed by atoms with Crippen molar-refractivity contribution in [3.05, 3.63) is 17.8 Å². The van der Waals surface area contributed by atoms with E-state index in [1.54, 1.807) is 6.26 Å². The summed E-state index contributed by atoms with van der Waals surface area (Å²) in [5.41, 5.74) is 0.819. The molecule has 0 radical (unpaired) electrons. The molecule has 1 N–H and O–H groups in total. The third kappa shape index (κ3) is 11.0. The first-order valence-electron chi connectivity index (χ1n) is 9.22. The van der Waals surface area contributed by atoms with E-state index < -0.39 is 5.97 Å². The van der Waals surface area contributed by atoms with Crippen molar-refractivity contribution in [2.24, 2.45) is 0 Å². The smallest absolute Gasteiger partial charge is 0.303 e. The first kappa shape index (κ1) is 20.4. The van der Waals surface area contributed by atoms with E-state index in [4.69, 9.17) is 9.52 Å². The monoisotopic (exact) mass is 337 g/mol. The standard InChI is InChI=1S/C19H31NO4/c1-16-15-24-18(20-16)14-17(21)12-10-8-6-4-2-3-5-7-9-11-13-19(22)23/h15H,2-14H2,1H3,(H,22,23). The van der Waals surface area contributed by atoms with Crippen LogP contribution in [0.1, 0.15) is 88.6 Å². The molecule has 0 spiro atoms. The second-order valence-corrected chi connectivity index (χ2v) is 6.53. The molecule has 1 aromatic heterocycles. The lowest BCUT2D eigenvalue weighted by molar-refractivity contribution is -0.137. The number of aromatic nitrogens is 1. The van der Waals surface area contributed by atoms with E-state index in [9.17, 15) is 9.59 Å². The lowest BCUT2D eigenvalue weighted by Crippen LogP contribution is -2.02. The fourth-order valence-electron chi connectivity index (χ4n) is 2.75. The second kappa shape index (κ2) is 12.7. The van der Waals surface area contributed by atoms with Gasteiger partial charge < -0.3 is 9.52 Å². The van der Waals surface area contributed by atoms with Crippen molar-refractivity contribution in [2.45, 2.75) is 90.4 Å². The molecule has 5 heteroatoms. The third-order valence-corrected chi connectivity index (χ3v) is 4.11. The number of carboxylic acid groups (broad SMARTS) is 1. The molecule has 0 atom stereocenters. The number of nitrogens with zero attached hydrogens (tertiary/aromatic N) is 1. The lowest BCUT2D eigenvalue weighted by Gasteiger charge is -2.02. The molecule has 0 amide bonds. The number of aryl methyl sites for hydroxylation is 1. The van der Waals surface area contributed by atoms with Gasteiger partial charge in [0, 0.05) is 12.8 Å². The molecule has 0 bridgehead atoms. The Bertz CT molecular complexity index is 481. The van der Waals surface area contributed by atoms with E-state index in [1.807, 2.05) is 6.92 Å². The van der Waals surface area contributed by atoms with Gasteiger partial charge in [0.1, 0.15) is 12.0 Å². The highest BCUT2D eigenvalue weighted by Crippen LogP contribution is 2.12. The van der Waals surface area contributed by atoms with Crippen molar-refractivity contribution < 1.29 is 19.1 Å². The van der Waals surface area contributed by atoms with Crippen LogP contribution in [0.5, 0.6) is 0 Å². The van der Waals surface area contributed by atoms with E-state index >= 15 is 0 Å². The van der Waals surface area contributed by atoms with Gasteiger partial charge in [-0.2, -0.15) is 0 Å². The molecule has 0 aliphatic carbocycles. The van der Waals surface area contributed by atoms with Gasteiger partial charge in [-0.3, -0.25) is 9.59 Å². The highest BCUT2D eigenvalue weighted by molar-refractivity contribution is 5.79. The molecule has 1 aromatic rings. The zero-order chi connectivity index (χ0) is 17.6. The summed E-state index contributed by atoms with van der Waals surface area (Å²) in [5, 5.41) is 8.54. The quantitative estimate of drug-likeness (QED) is 0.462. The van der Waals surface area contributed by atoms with Gasteiger partial charge >= 0.3 is 5.97 Å². The fourth-order valence-corrected chi connectivity index (χ4v) is 2.75. The minimum atomic E-state index is -0.691. The van der Waals surface area contributed by atoms with Gasteiger partial charge in [-0.25, -0.2) is 4.98 Å². The molecule has 0 unspecified atom stereocenters. The highest BCUT2D eigenvalue weighted by atomic mass is 16.4. The average Bonchev–Trinajstić information content (AvgIpc) is 2.93. The average molecular weight is 337 g/mol. The Balaban J connectivity index is 1.83. The van der Waals surface area contributed by atoms with Crippen molar-refractivity contribution >= 4 is 11.8 Å². The number of ketones is 1. The molecule has 0 saturated carbocycles. The molecule has 0 fully saturated rings. The molecular formula is C19H31NO4. The van der Waals surface area contributed by atoms with Crippen molar-refractivity contribution in [3.8, 4) is 0 Å². The van der Waals surface area contributed by atoms with Crippen LogP contribution < -0.4 is 0 Å². The topological polar surface area (TPSA) is 80.4 Å². The van der Waals surface area contributed by atoms with Crippen molar-refractivity contribution in [1.82, 2.24) is 4.98 Å². The van der Waals surface area contributed by atoms with E-state index in [0.717, 1.165) is 37.8 Å². The van der Waals surface area contributed by atoms with Crippen LogP contribution in [0.3, 0.4) is 0 Å². The normalized spacial score (nSPS) is 10.9. The number of carbonyl (C=O) groups excluding carboxylic acids is 1. The van der Waals surface area contributed by atoms with Crippen LogP contribution in [-0.4, -0.2) is 21.8 Å². The summed E-state index contributed by atoms with van der Waals surface area (Å²) in [7, 11) is 0. The van der Waals surface area contributed by atoms with Gasteiger partial charge in [0.05, 0.1) is 12.1 Å². The summed E-state index contributed by atoms with van der Waals surface area (Å²) in [4.78, 5) is 26.3. The Hall–Kier alpha value is -1.65. The molecule has 136 valence electrons. The maximum absolute atomic E-state index is 11.8. The van der Waals surface area contributed by atoms with Crippen molar-refractivity contribution in [3.63, 3.8) is 0 Å². The summed E-state index contributed by atoms with van der Waals surface area (Å²) in [6, 6.07) is 0. The van der Waals surface area contributed by atoms with Gasteiger partial charge in [0.2, 0.25) is 5.89 Å². The lowest BCUT2D eigenvalue weighted by atomic mass is 10.0. The number of rotatable bonds is 15. The summed E-state index contributed by atoms with van der Waals surface area (Å²) in [6.45, 7) is 1.85. The van der Waals surface area contributed by atoms with Crippen molar-refractivity contribution in [2.75, 3.05) is 0 Å². The van der Waals surface area contributed by atoms with E-state index in [2.05, 4.69) is 4.98 Å². The summed E-state index contributed by atoms with van der Waals surface area (Å²) < 4.78 is 5.19. The number of hydrogen-bond acceptors (Lipinski definition) is 4. The number of hydrogen-bond donors (Lipinski definition) is 1. The Morgan fingerprint density at radius 1 is 0.917 bits per heavy atom. The Kier molecular flexibility index (Phi) is 10.8. The molecule has 0 aromatic carbocycles. The van der Waals surface area contributed by atoms with Crippen LogP contribution in [0.2, 0.25) is 0 Å². The summed E-state index contributed by atoms with van der Waals surface area (Å²) >= 11 is 0. The molecule has 1 heterocycles. The van der Waals surface area contributed by atoms with Gasteiger partial charge in [0.25, 0.3) is 0 Å². The summed E-state index contributed by atoms with van der Waals surface area (Å²) in [6.07, 6.45) is 13.9. The van der Waals surface area contributed by atoms with Gasteiger partial charge in [0.15, 0.2) is 0 Å². The maximum Gasteiger partial charge on any atom is 0.303 e. The van der Waals surface area contributed by atoms with Gasteiger partial charge in [-0.15, -0.1) is 0 Å². The van der Waals surface area contributed by atoms with Gasteiger partial charge in [-0.05, 0) is 19.8 Å². The molecule has 5 nitrogen and oxygen atoms in total. The zero-order valence-electron chi connectivity index (χ0n) is 14.9. The Morgan fingerprint density at radius 2 is 1.42 bits per heavy atom. The first-order valence-corrected chi connectivity index (χ1v) is 9.22. The Morgan fingerprint density at radius 3 is 1.88 bits per heavy atom. The fraction of sp³-hybridized carbons (Fsp3) is 0.737. The SMILES string of the molecule is Cc1coc(CC(=O)CCCCCCCCCCCCC(=O)O)n1. The third-order valence-electron chi connectivity index (χ3n) is 4.11. The Labute approximate surface area is 144 Å². The first-order chi connectivity index (χ1) is 11.6. The number of oxazole rings is 1. The molecule has 0 aliphatic heterocycles. The molecule has 0 aliphatic rings.